The van der Waals surface area contributed by atoms with Crippen molar-refractivity contribution in [3.05, 3.63) is 67.2 Å². The van der Waals surface area contributed by atoms with E-state index in [4.69, 9.17) is 35.4 Å². The van der Waals surface area contributed by atoms with Crippen molar-refractivity contribution in [1.82, 2.24) is 5.32 Å². The van der Waals surface area contributed by atoms with Crippen LogP contribution in [0, 0.1) is 3.57 Å². The fourth-order valence-corrected chi connectivity index (χ4v) is 3.49. The van der Waals surface area contributed by atoms with Crippen molar-refractivity contribution in [2.24, 2.45) is 0 Å². The molecule has 1 saturated heterocycles. The summed E-state index contributed by atoms with van der Waals surface area (Å²) >= 11 is 19.5. The molecule has 0 unspecified atom stereocenters. The molecular formula is C17H9Cl2IN2O2S. The number of nitrogens with zero attached hydrogens (tertiary/aromatic N) is 1. The number of hydrogen-bond acceptors (Lipinski definition) is 3. The zero-order valence-electron chi connectivity index (χ0n) is 12.4. The summed E-state index contributed by atoms with van der Waals surface area (Å²) in [6, 6.07) is 12.3. The standard InChI is InChI=1S/C17H9Cl2IN2O2S/c18-11-5-3-7-13(14(11)19)22-16(24)10(15(23)21-17(22)25)8-9-4-1-2-6-12(9)20/h1-8H,(H,21,23,25)/b10-8+. The van der Waals surface area contributed by atoms with Gasteiger partial charge in [-0.1, -0.05) is 47.5 Å². The Kier molecular flexibility index (Phi) is 5.43. The summed E-state index contributed by atoms with van der Waals surface area (Å²) in [6.07, 6.45) is 1.53. The maximum Gasteiger partial charge on any atom is 0.270 e. The molecule has 0 spiro atoms. The first kappa shape index (κ1) is 18.3. The summed E-state index contributed by atoms with van der Waals surface area (Å²) in [5, 5.41) is 2.95. The second kappa shape index (κ2) is 7.41. The summed E-state index contributed by atoms with van der Waals surface area (Å²) in [5.74, 6) is -1.11. The van der Waals surface area contributed by atoms with Crippen LogP contribution in [0.2, 0.25) is 10.0 Å². The third kappa shape index (κ3) is 3.57. The van der Waals surface area contributed by atoms with Gasteiger partial charge >= 0.3 is 0 Å². The van der Waals surface area contributed by atoms with E-state index in [2.05, 4.69) is 27.9 Å². The van der Waals surface area contributed by atoms with Gasteiger partial charge in [-0.15, -0.1) is 0 Å². The predicted molar refractivity (Wildman–Crippen MR) is 112 cm³/mol. The van der Waals surface area contributed by atoms with Crippen molar-refractivity contribution in [3.63, 3.8) is 0 Å². The van der Waals surface area contributed by atoms with Gasteiger partial charge in [0, 0.05) is 3.57 Å². The highest BCUT2D eigenvalue weighted by Crippen LogP contribution is 2.34. The Labute approximate surface area is 172 Å². The second-order valence-corrected chi connectivity index (χ2v) is 7.39. The van der Waals surface area contributed by atoms with Crippen LogP contribution in [0.15, 0.2) is 48.0 Å². The molecule has 0 saturated carbocycles. The fourth-order valence-electron chi connectivity index (χ4n) is 2.29. The van der Waals surface area contributed by atoms with Gasteiger partial charge in [0.2, 0.25) is 0 Å². The van der Waals surface area contributed by atoms with Crippen molar-refractivity contribution >= 4 is 86.7 Å². The van der Waals surface area contributed by atoms with Crippen LogP contribution in [0.5, 0.6) is 0 Å². The average molecular weight is 503 g/mol. The molecule has 2 aromatic carbocycles. The largest absolute Gasteiger partial charge is 0.298 e. The molecule has 2 amide bonds. The van der Waals surface area contributed by atoms with Gasteiger partial charge in [-0.2, -0.15) is 0 Å². The van der Waals surface area contributed by atoms with E-state index >= 15 is 0 Å². The Morgan fingerprint density at radius 1 is 1.08 bits per heavy atom. The number of thiocarbonyl (C=S) groups is 1. The molecule has 1 fully saturated rings. The minimum atomic E-state index is -0.558. The fraction of sp³-hybridized carbons (Fsp3) is 0. The normalized spacial score (nSPS) is 16.4. The summed E-state index contributed by atoms with van der Waals surface area (Å²) in [7, 11) is 0. The Bertz CT molecular complexity index is 946. The van der Waals surface area contributed by atoms with Gasteiger partial charge in [0.15, 0.2) is 5.11 Å². The van der Waals surface area contributed by atoms with Crippen molar-refractivity contribution in [2.45, 2.75) is 0 Å². The minimum Gasteiger partial charge on any atom is -0.298 e. The molecule has 0 aromatic heterocycles. The van der Waals surface area contributed by atoms with Gasteiger partial charge in [0.25, 0.3) is 11.8 Å². The first-order valence-electron chi connectivity index (χ1n) is 7.00. The third-order valence-electron chi connectivity index (χ3n) is 3.48. The number of nitrogens with one attached hydrogen (secondary N) is 1. The molecule has 25 heavy (non-hydrogen) atoms. The maximum atomic E-state index is 12.9. The van der Waals surface area contributed by atoms with Crippen molar-refractivity contribution < 1.29 is 9.59 Å². The van der Waals surface area contributed by atoms with Gasteiger partial charge in [-0.25, -0.2) is 0 Å². The van der Waals surface area contributed by atoms with E-state index < -0.39 is 11.8 Å². The van der Waals surface area contributed by atoms with Crippen molar-refractivity contribution in [3.8, 4) is 0 Å². The van der Waals surface area contributed by atoms with Crippen molar-refractivity contribution in [1.29, 1.82) is 0 Å². The van der Waals surface area contributed by atoms with Gasteiger partial charge in [-0.3, -0.25) is 19.8 Å². The lowest BCUT2D eigenvalue weighted by Crippen LogP contribution is -2.54. The van der Waals surface area contributed by atoms with Gasteiger partial charge in [0.1, 0.15) is 5.57 Å². The molecule has 1 aliphatic heterocycles. The Morgan fingerprint density at radius 3 is 2.52 bits per heavy atom. The zero-order valence-corrected chi connectivity index (χ0v) is 16.9. The number of rotatable bonds is 2. The monoisotopic (exact) mass is 502 g/mol. The van der Waals surface area contributed by atoms with Crippen LogP contribution in [0.3, 0.4) is 0 Å². The molecule has 8 heteroatoms. The molecule has 1 aliphatic rings. The van der Waals surface area contributed by atoms with E-state index in [0.29, 0.717) is 5.69 Å². The number of hydrogen-bond donors (Lipinski definition) is 1. The molecule has 2 aromatic rings. The molecule has 0 atom stereocenters. The molecule has 0 aliphatic carbocycles. The maximum absolute atomic E-state index is 12.9. The van der Waals surface area contributed by atoms with E-state index in [1.807, 2.05) is 24.3 Å². The Hall–Kier alpha value is -1.48. The highest BCUT2D eigenvalue weighted by Gasteiger charge is 2.35. The van der Waals surface area contributed by atoms with Crippen molar-refractivity contribution in [2.75, 3.05) is 4.90 Å². The zero-order chi connectivity index (χ0) is 18.1. The van der Waals surface area contributed by atoms with Gasteiger partial charge in [0.05, 0.1) is 15.7 Å². The molecule has 126 valence electrons. The molecule has 4 nitrogen and oxygen atoms in total. The summed E-state index contributed by atoms with van der Waals surface area (Å²) < 4.78 is 0.911. The Balaban J connectivity index is 2.09. The number of anilines is 1. The van der Waals surface area contributed by atoms with Crippen LogP contribution in [-0.4, -0.2) is 16.9 Å². The average Bonchev–Trinajstić information content (AvgIpc) is 2.56. The topological polar surface area (TPSA) is 49.4 Å². The lowest BCUT2D eigenvalue weighted by atomic mass is 10.1. The van der Waals surface area contributed by atoms with Crippen LogP contribution in [0.25, 0.3) is 6.08 Å². The summed E-state index contributed by atoms with van der Waals surface area (Å²) in [5.41, 5.74) is 1.04. The lowest BCUT2D eigenvalue weighted by Gasteiger charge is -2.29. The van der Waals surface area contributed by atoms with Crippen LogP contribution >= 0.6 is 58.0 Å². The van der Waals surface area contributed by atoms with Crippen LogP contribution in [0.4, 0.5) is 5.69 Å². The molecule has 0 radical (unpaired) electrons. The third-order valence-corrected chi connectivity index (χ3v) is 5.55. The molecule has 0 bridgehead atoms. The van der Waals surface area contributed by atoms with E-state index in [1.54, 1.807) is 18.2 Å². The number of carbonyl (C=O) groups is 2. The molecule has 3 rings (SSSR count). The van der Waals surface area contributed by atoms with Gasteiger partial charge < -0.3 is 0 Å². The number of carbonyl (C=O) groups excluding carboxylic acids is 2. The molecule has 1 N–H and O–H groups in total. The lowest BCUT2D eigenvalue weighted by molar-refractivity contribution is -0.122. The summed E-state index contributed by atoms with van der Waals surface area (Å²) in [6.45, 7) is 0. The van der Waals surface area contributed by atoms with E-state index in [1.165, 1.54) is 11.0 Å². The molecular weight excluding hydrogens is 494 g/mol. The van der Waals surface area contributed by atoms with Gasteiger partial charge in [-0.05, 0) is 64.6 Å². The quantitative estimate of drug-likeness (QED) is 0.286. The van der Waals surface area contributed by atoms with E-state index in [9.17, 15) is 9.59 Å². The van der Waals surface area contributed by atoms with E-state index in [0.717, 1.165) is 9.13 Å². The highest BCUT2D eigenvalue weighted by atomic mass is 127. The highest BCUT2D eigenvalue weighted by molar-refractivity contribution is 14.1. The number of amides is 2. The van der Waals surface area contributed by atoms with Crippen LogP contribution in [0.1, 0.15) is 5.56 Å². The second-order valence-electron chi connectivity index (χ2n) is 5.05. The number of halogens is 3. The first-order valence-corrected chi connectivity index (χ1v) is 9.24. The SMILES string of the molecule is O=C1NC(=S)N(c2cccc(Cl)c2Cl)C(=O)/C1=C/c1ccccc1I. The van der Waals surface area contributed by atoms with Crippen LogP contribution < -0.4 is 10.2 Å². The first-order chi connectivity index (χ1) is 11.9. The van der Waals surface area contributed by atoms with Crippen LogP contribution in [-0.2, 0) is 9.59 Å². The number of benzene rings is 2. The summed E-state index contributed by atoms with van der Waals surface area (Å²) in [4.78, 5) is 26.4. The predicted octanol–water partition coefficient (Wildman–Crippen LogP) is 4.43. The molecule has 1 heterocycles. The Morgan fingerprint density at radius 2 is 1.80 bits per heavy atom. The minimum absolute atomic E-state index is 0.0336. The van der Waals surface area contributed by atoms with E-state index in [-0.39, 0.29) is 20.7 Å². The smallest absolute Gasteiger partial charge is 0.270 e.